The Bertz CT molecular complexity index is 493. The second-order valence-corrected chi connectivity index (χ2v) is 5.20. The minimum absolute atomic E-state index is 0.0256. The smallest absolute Gasteiger partial charge is 0.358 e. The average Bonchev–Trinajstić information content (AvgIpc) is 2.75. The number of nitrogens with one attached hydrogen (secondary N) is 1. The molecule has 1 aliphatic heterocycles. The molecular weight excluding hydrogens is 262 g/mol. The Morgan fingerprint density at radius 2 is 2.20 bits per heavy atom. The predicted molar refractivity (Wildman–Crippen MR) is 70.4 cm³/mol. The number of aromatic nitrogens is 3. The highest BCUT2D eigenvalue weighted by atomic mass is 16.4. The summed E-state index contributed by atoms with van der Waals surface area (Å²) in [7, 11) is 0. The maximum Gasteiger partial charge on any atom is 0.358 e. The molecule has 20 heavy (non-hydrogen) atoms. The van der Waals surface area contributed by atoms with Crippen molar-refractivity contribution < 1.29 is 14.7 Å². The van der Waals surface area contributed by atoms with Crippen LogP contribution in [0, 0.1) is 0 Å². The summed E-state index contributed by atoms with van der Waals surface area (Å²) < 4.78 is 1.51. The number of hydrogen-bond acceptors (Lipinski definition) is 5. The zero-order chi connectivity index (χ0) is 14.7. The van der Waals surface area contributed by atoms with E-state index in [0.29, 0.717) is 32.1 Å². The number of carboxylic acid groups (broad SMARTS) is 1. The van der Waals surface area contributed by atoms with Crippen molar-refractivity contribution in [1.82, 2.24) is 25.2 Å². The van der Waals surface area contributed by atoms with Gasteiger partial charge >= 0.3 is 5.97 Å². The molecule has 1 saturated heterocycles. The molecule has 0 radical (unpaired) electrons. The highest BCUT2D eigenvalue weighted by Crippen LogP contribution is 2.20. The monoisotopic (exact) mass is 281 g/mol. The van der Waals surface area contributed by atoms with E-state index in [1.54, 1.807) is 4.90 Å². The molecule has 0 unspecified atom stereocenters. The normalized spacial score (nSPS) is 15.4. The highest BCUT2D eigenvalue weighted by Gasteiger charge is 2.32. The van der Waals surface area contributed by atoms with Crippen LogP contribution >= 0.6 is 0 Å². The van der Waals surface area contributed by atoms with E-state index in [4.69, 9.17) is 5.11 Å². The Hall–Kier alpha value is -1.96. The van der Waals surface area contributed by atoms with E-state index in [9.17, 15) is 9.59 Å². The van der Waals surface area contributed by atoms with E-state index in [1.807, 2.05) is 13.8 Å². The first kappa shape index (κ1) is 14.4. The number of nitrogens with zero attached hydrogens (tertiary/aromatic N) is 4. The first-order valence-electron chi connectivity index (χ1n) is 6.63. The fourth-order valence-corrected chi connectivity index (χ4v) is 2.01. The van der Waals surface area contributed by atoms with Crippen molar-refractivity contribution in [3.8, 4) is 0 Å². The summed E-state index contributed by atoms with van der Waals surface area (Å²) >= 11 is 0. The number of amides is 1. The van der Waals surface area contributed by atoms with Crippen molar-refractivity contribution in [2.75, 3.05) is 19.6 Å². The largest absolute Gasteiger partial charge is 0.476 e. The third-order valence-corrected chi connectivity index (χ3v) is 3.21. The topological polar surface area (TPSA) is 100 Å². The van der Waals surface area contributed by atoms with Gasteiger partial charge in [-0.3, -0.25) is 4.79 Å². The molecule has 2 rings (SSSR count). The average molecular weight is 281 g/mol. The van der Waals surface area contributed by atoms with Crippen LogP contribution in [0.4, 0.5) is 0 Å². The lowest BCUT2D eigenvalue weighted by Gasteiger charge is -2.39. The molecular formula is C12H19N5O3. The predicted octanol–water partition coefficient (Wildman–Crippen LogP) is -0.252. The van der Waals surface area contributed by atoms with E-state index >= 15 is 0 Å². The summed E-state index contributed by atoms with van der Waals surface area (Å²) in [5.74, 6) is -0.990. The van der Waals surface area contributed by atoms with Crippen LogP contribution in [0.1, 0.15) is 36.8 Å². The summed E-state index contributed by atoms with van der Waals surface area (Å²) in [6.45, 7) is 5.86. The van der Waals surface area contributed by atoms with Gasteiger partial charge < -0.3 is 15.3 Å². The van der Waals surface area contributed by atoms with Crippen molar-refractivity contribution in [2.24, 2.45) is 0 Å². The number of rotatable bonds is 6. The van der Waals surface area contributed by atoms with Gasteiger partial charge in [0.1, 0.15) is 0 Å². The summed E-state index contributed by atoms with van der Waals surface area (Å²) in [6, 6.07) is 0.397. The van der Waals surface area contributed by atoms with E-state index < -0.39 is 5.97 Å². The summed E-state index contributed by atoms with van der Waals surface area (Å²) in [6.07, 6.45) is 1.87. The molecule has 1 fully saturated rings. The van der Waals surface area contributed by atoms with Gasteiger partial charge in [0.05, 0.1) is 12.2 Å². The molecule has 110 valence electrons. The van der Waals surface area contributed by atoms with Gasteiger partial charge in [0, 0.05) is 32.1 Å². The SMILES string of the molecule is CC(C)NCCC(=O)N1CC(n2cc(C(=O)O)nn2)C1. The lowest BCUT2D eigenvalue weighted by Crippen LogP contribution is -2.51. The van der Waals surface area contributed by atoms with Crippen molar-refractivity contribution >= 4 is 11.9 Å². The third-order valence-electron chi connectivity index (χ3n) is 3.21. The van der Waals surface area contributed by atoms with Crippen LogP contribution in [0.25, 0.3) is 0 Å². The molecule has 2 N–H and O–H groups in total. The van der Waals surface area contributed by atoms with Gasteiger partial charge in [-0.15, -0.1) is 5.10 Å². The van der Waals surface area contributed by atoms with Crippen LogP contribution in [0.2, 0.25) is 0 Å². The number of likely N-dealkylation sites (tertiary alicyclic amines) is 1. The molecule has 1 amide bonds. The quantitative estimate of drug-likeness (QED) is 0.745. The fourth-order valence-electron chi connectivity index (χ4n) is 2.01. The maximum absolute atomic E-state index is 11.8. The van der Waals surface area contributed by atoms with E-state index in [2.05, 4.69) is 15.6 Å². The third kappa shape index (κ3) is 3.32. The molecule has 1 aliphatic rings. The number of carbonyl (C=O) groups excluding carboxylic acids is 1. The maximum atomic E-state index is 11.8. The van der Waals surface area contributed by atoms with Gasteiger partial charge in [-0.1, -0.05) is 19.1 Å². The molecule has 8 heteroatoms. The van der Waals surface area contributed by atoms with Crippen molar-refractivity contribution in [2.45, 2.75) is 32.4 Å². The first-order valence-corrected chi connectivity index (χ1v) is 6.63. The molecule has 8 nitrogen and oxygen atoms in total. The minimum Gasteiger partial charge on any atom is -0.476 e. The highest BCUT2D eigenvalue weighted by molar-refractivity contribution is 5.84. The Balaban J connectivity index is 1.76. The Morgan fingerprint density at radius 3 is 2.75 bits per heavy atom. The molecule has 1 aromatic rings. The summed E-state index contributed by atoms with van der Waals surface area (Å²) in [5, 5.41) is 19.3. The Kier molecular flexibility index (Phi) is 4.33. The van der Waals surface area contributed by atoms with Gasteiger partial charge in [-0.2, -0.15) is 0 Å². The minimum atomic E-state index is -1.09. The van der Waals surface area contributed by atoms with Crippen LogP contribution < -0.4 is 5.32 Å². The van der Waals surface area contributed by atoms with E-state index in [1.165, 1.54) is 10.9 Å². The second-order valence-electron chi connectivity index (χ2n) is 5.20. The molecule has 2 heterocycles. The summed E-state index contributed by atoms with van der Waals surface area (Å²) in [5.41, 5.74) is -0.0732. The molecule has 0 aliphatic carbocycles. The molecule has 0 aromatic carbocycles. The number of carbonyl (C=O) groups is 2. The number of carboxylic acids is 1. The molecule has 1 aromatic heterocycles. The van der Waals surface area contributed by atoms with Crippen LogP contribution in [-0.4, -0.2) is 62.6 Å². The van der Waals surface area contributed by atoms with Crippen molar-refractivity contribution in [3.05, 3.63) is 11.9 Å². The van der Waals surface area contributed by atoms with Gasteiger partial charge in [-0.25, -0.2) is 9.48 Å². The zero-order valence-electron chi connectivity index (χ0n) is 11.6. The lowest BCUT2D eigenvalue weighted by atomic mass is 10.1. The molecule has 0 saturated carbocycles. The second kappa shape index (κ2) is 6.00. The van der Waals surface area contributed by atoms with Gasteiger partial charge in [0.15, 0.2) is 5.69 Å². The number of aromatic carboxylic acids is 1. The first-order chi connectivity index (χ1) is 9.47. The van der Waals surface area contributed by atoms with Crippen LogP contribution in [-0.2, 0) is 4.79 Å². The Morgan fingerprint density at radius 1 is 1.50 bits per heavy atom. The molecule has 0 bridgehead atoms. The standard InChI is InChI=1S/C12H19N5O3/c1-8(2)13-4-3-11(18)16-5-9(6-16)17-7-10(12(19)20)14-15-17/h7-9,13H,3-6H2,1-2H3,(H,19,20). The summed E-state index contributed by atoms with van der Waals surface area (Å²) in [4.78, 5) is 24.3. The van der Waals surface area contributed by atoms with Gasteiger partial charge in [0.25, 0.3) is 0 Å². The lowest BCUT2D eigenvalue weighted by molar-refractivity contribution is -0.137. The van der Waals surface area contributed by atoms with E-state index in [-0.39, 0.29) is 17.6 Å². The van der Waals surface area contributed by atoms with Gasteiger partial charge in [-0.05, 0) is 0 Å². The van der Waals surface area contributed by atoms with Crippen LogP contribution in [0.3, 0.4) is 0 Å². The van der Waals surface area contributed by atoms with E-state index in [0.717, 1.165) is 0 Å². The fraction of sp³-hybridized carbons (Fsp3) is 0.667. The van der Waals surface area contributed by atoms with Crippen LogP contribution in [0.15, 0.2) is 6.20 Å². The molecule has 0 atom stereocenters. The van der Waals surface area contributed by atoms with Crippen molar-refractivity contribution in [3.63, 3.8) is 0 Å². The van der Waals surface area contributed by atoms with Gasteiger partial charge in [0.2, 0.25) is 5.91 Å². The molecule has 0 spiro atoms. The number of hydrogen-bond donors (Lipinski definition) is 2. The Labute approximate surface area is 116 Å². The van der Waals surface area contributed by atoms with Crippen molar-refractivity contribution in [1.29, 1.82) is 0 Å². The zero-order valence-corrected chi connectivity index (χ0v) is 11.6. The van der Waals surface area contributed by atoms with Crippen LogP contribution in [0.5, 0.6) is 0 Å².